The Balaban J connectivity index is 1.60. The van der Waals surface area contributed by atoms with Crippen molar-refractivity contribution in [1.29, 1.82) is 0 Å². The smallest absolute Gasteiger partial charge is 0.339 e. The van der Waals surface area contributed by atoms with Gasteiger partial charge in [-0.05, 0) is 55.3 Å². The van der Waals surface area contributed by atoms with Crippen LogP contribution in [0.1, 0.15) is 47.7 Å². The molecular formula is C27H26ClFN2O5S. The summed E-state index contributed by atoms with van der Waals surface area (Å²) < 4.78 is 46.8. The highest BCUT2D eigenvalue weighted by atomic mass is 35.5. The molecule has 1 atom stereocenters. The molecule has 1 amide bonds. The Morgan fingerprint density at radius 2 is 1.57 bits per heavy atom. The molecule has 7 nitrogen and oxygen atoms in total. The van der Waals surface area contributed by atoms with Crippen LogP contribution in [-0.4, -0.2) is 37.7 Å². The number of halogens is 2. The summed E-state index contributed by atoms with van der Waals surface area (Å²) in [6.45, 7) is 0.764. The number of carbonyl (C=O) groups excluding carboxylic acids is 2. The lowest BCUT2D eigenvalue weighted by molar-refractivity contribution is -0.125. The molecule has 3 aromatic carbocycles. The molecule has 0 bridgehead atoms. The number of amides is 1. The molecule has 0 saturated carbocycles. The average Bonchev–Trinajstić information content (AvgIpc) is 3.19. The second-order valence-electron chi connectivity index (χ2n) is 8.66. The van der Waals surface area contributed by atoms with E-state index >= 15 is 0 Å². The zero-order valence-electron chi connectivity index (χ0n) is 19.9. The fourth-order valence-corrected chi connectivity index (χ4v) is 6.08. The number of sulfonamides is 1. The van der Waals surface area contributed by atoms with Crippen molar-refractivity contribution in [3.63, 3.8) is 0 Å². The van der Waals surface area contributed by atoms with Crippen molar-refractivity contribution in [2.24, 2.45) is 0 Å². The fourth-order valence-electron chi connectivity index (χ4n) is 4.07. The zero-order chi connectivity index (χ0) is 26.4. The Bertz CT molecular complexity index is 1360. The number of esters is 1. The van der Waals surface area contributed by atoms with Gasteiger partial charge in [-0.2, -0.15) is 4.31 Å². The molecule has 1 saturated heterocycles. The molecule has 0 spiro atoms. The summed E-state index contributed by atoms with van der Waals surface area (Å²) >= 11 is 6.25. The molecule has 0 aromatic heterocycles. The van der Waals surface area contributed by atoms with Gasteiger partial charge in [0, 0.05) is 24.3 Å². The van der Waals surface area contributed by atoms with E-state index in [4.69, 9.17) is 16.3 Å². The number of benzene rings is 3. The number of nitrogens with zero attached hydrogens (tertiary/aromatic N) is 1. The second-order valence-corrected chi connectivity index (χ2v) is 11.0. The number of anilines is 1. The van der Waals surface area contributed by atoms with E-state index in [1.807, 2.05) is 0 Å². The largest absolute Gasteiger partial charge is 0.444 e. The van der Waals surface area contributed by atoms with Crippen LogP contribution in [0, 0.1) is 5.82 Å². The number of carbonyl (C=O) groups is 2. The summed E-state index contributed by atoms with van der Waals surface area (Å²) in [5.74, 6) is -2.01. The van der Waals surface area contributed by atoms with Gasteiger partial charge in [-0.1, -0.05) is 54.8 Å². The summed E-state index contributed by atoms with van der Waals surface area (Å²) in [6.07, 6.45) is 2.06. The predicted molar refractivity (Wildman–Crippen MR) is 138 cm³/mol. The first kappa shape index (κ1) is 26.8. The van der Waals surface area contributed by atoms with Crippen LogP contribution in [0.5, 0.6) is 0 Å². The Hall–Kier alpha value is -3.27. The number of nitrogens with one attached hydrogen (secondary N) is 1. The van der Waals surface area contributed by atoms with Gasteiger partial charge < -0.3 is 10.1 Å². The highest BCUT2D eigenvalue weighted by Crippen LogP contribution is 2.29. The molecule has 10 heteroatoms. The molecule has 0 radical (unpaired) electrons. The third-order valence-electron chi connectivity index (χ3n) is 6.03. The highest BCUT2D eigenvalue weighted by molar-refractivity contribution is 7.89. The van der Waals surface area contributed by atoms with Crippen molar-refractivity contribution in [3.05, 3.63) is 94.8 Å². The number of rotatable bonds is 7. The van der Waals surface area contributed by atoms with Crippen LogP contribution in [0.2, 0.25) is 5.02 Å². The maximum atomic E-state index is 13.3. The minimum absolute atomic E-state index is 0.00513. The van der Waals surface area contributed by atoms with E-state index < -0.39 is 33.8 Å². The van der Waals surface area contributed by atoms with Gasteiger partial charge in [0.2, 0.25) is 16.1 Å². The van der Waals surface area contributed by atoms with E-state index in [1.54, 1.807) is 30.3 Å². The first-order valence-electron chi connectivity index (χ1n) is 11.9. The van der Waals surface area contributed by atoms with Crippen LogP contribution in [-0.2, 0) is 19.6 Å². The number of ether oxygens (including phenoxy) is 1. The topological polar surface area (TPSA) is 92.8 Å². The third-order valence-corrected chi connectivity index (χ3v) is 8.41. The Morgan fingerprint density at radius 1 is 0.919 bits per heavy atom. The van der Waals surface area contributed by atoms with Crippen molar-refractivity contribution in [2.45, 2.75) is 36.7 Å². The van der Waals surface area contributed by atoms with Crippen molar-refractivity contribution < 1.29 is 27.1 Å². The lowest BCUT2D eigenvalue weighted by Gasteiger charge is -2.21. The normalized spacial score (nSPS) is 15.4. The monoisotopic (exact) mass is 544 g/mol. The lowest BCUT2D eigenvalue weighted by Crippen LogP contribution is -2.32. The lowest BCUT2D eigenvalue weighted by atomic mass is 10.1. The Kier molecular flexibility index (Phi) is 8.58. The van der Waals surface area contributed by atoms with E-state index in [2.05, 4.69) is 5.32 Å². The summed E-state index contributed by atoms with van der Waals surface area (Å²) in [7, 11) is -3.93. The van der Waals surface area contributed by atoms with Crippen LogP contribution in [0.4, 0.5) is 10.1 Å². The van der Waals surface area contributed by atoms with Gasteiger partial charge in [-0.25, -0.2) is 17.6 Å². The molecule has 1 N–H and O–H groups in total. The van der Waals surface area contributed by atoms with Crippen LogP contribution < -0.4 is 5.32 Å². The standard InChI is InChI=1S/C27H26ClFN2O5S/c28-23-15-10-20(18-24(23)37(34,35)31-16-6-1-2-7-17-31)27(33)36-25(19-8-4-3-5-9-19)26(32)30-22-13-11-21(29)12-14-22/h3-5,8-15,18,25H,1-2,6-7,16-17H2,(H,30,32). The maximum Gasteiger partial charge on any atom is 0.339 e. The van der Waals surface area contributed by atoms with Crippen LogP contribution in [0.15, 0.2) is 77.7 Å². The van der Waals surface area contributed by atoms with Crippen molar-refractivity contribution in [1.82, 2.24) is 4.31 Å². The Labute approximate surface area is 220 Å². The molecule has 1 unspecified atom stereocenters. The van der Waals surface area contributed by atoms with Gasteiger partial charge >= 0.3 is 5.97 Å². The first-order chi connectivity index (χ1) is 17.8. The molecular weight excluding hydrogens is 519 g/mol. The third kappa shape index (κ3) is 6.54. The minimum Gasteiger partial charge on any atom is -0.444 e. The fraction of sp³-hybridized carbons (Fsp3) is 0.259. The molecule has 3 aromatic rings. The van der Waals surface area contributed by atoms with E-state index in [1.165, 1.54) is 46.8 Å². The SMILES string of the molecule is O=C(OC(C(=O)Nc1ccc(F)cc1)c1ccccc1)c1ccc(Cl)c(S(=O)(=O)N2CCCCCC2)c1. The summed E-state index contributed by atoms with van der Waals surface area (Å²) in [5, 5.41) is 2.61. The van der Waals surface area contributed by atoms with Gasteiger partial charge in [0.15, 0.2) is 0 Å². The van der Waals surface area contributed by atoms with E-state index in [0.717, 1.165) is 25.7 Å². The molecule has 194 valence electrons. The van der Waals surface area contributed by atoms with Gasteiger partial charge in [-0.15, -0.1) is 0 Å². The van der Waals surface area contributed by atoms with E-state index in [-0.39, 0.29) is 15.5 Å². The van der Waals surface area contributed by atoms with Gasteiger partial charge in [0.25, 0.3) is 5.91 Å². The average molecular weight is 545 g/mol. The summed E-state index contributed by atoms with van der Waals surface area (Å²) in [5.41, 5.74) is 0.663. The summed E-state index contributed by atoms with van der Waals surface area (Å²) in [6, 6.07) is 17.4. The number of hydrogen-bond acceptors (Lipinski definition) is 5. The molecule has 37 heavy (non-hydrogen) atoms. The first-order valence-corrected chi connectivity index (χ1v) is 13.7. The minimum atomic E-state index is -3.93. The molecule has 1 aliphatic heterocycles. The quantitative estimate of drug-likeness (QED) is 0.392. The van der Waals surface area contributed by atoms with Gasteiger partial charge in [-0.3, -0.25) is 4.79 Å². The van der Waals surface area contributed by atoms with Gasteiger partial charge in [0.05, 0.1) is 10.6 Å². The molecule has 4 rings (SSSR count). The maximum absolute atomic E-state index is 13.3. The van der Waals surface area contributed by atoms with Crippen LogP contribution in [0.3, 0.4) is 0 Å². The van der Waals surface area contributed by atoms with Crippen molar-refractivity contribution in [2.75, 3.05) is 18.4 Å². The predicted octanol–water partition coefficient (Wildman–Crippen LogP) is 5.58. The molecule has 0 aliphatic carbocycles. The second kappa shape index (κ2) is 11.9. The van der Waals surface area contributed by atoms with E-state index in [9.17, 15) is 22.4 Å². The van der Waals surface area contributed by atoms with Crippen LogP contribution >= 0.6 is 11.6 Å². The Morgan fingerprint density at radius 3 is 2.22 bits per heavy atom. The summed E-state index contributed by atoms with van der Waals surface area (Å²) in [4.78, 5) is 26.0. The number of hydrogen-bond donors (Lipinski definition) is 1. The molecule has 1 fully saturated rings. The van der Waals surface area contributed by atoms with Crippen molar-refractivity contribution in [3.8, 4) is 0 Å². The van der Waals surface area contributed by atoms with Crippen LogP contribution in [0.25, 0.3) is 0 Å². The zero-order valence-corrected chi connectivity index (χ0v) is 21.5. The van der Waals surface area contributed by atoms with Crippen molar-refractivity contribution >= 4 is 39.2 Å². The highest BCUT2D eigenvalue weighted by Gasteiger charge is 2.30. The van der Waals surface area contributed by atoms with Gasteiger partial charge in [0.1, 0.15) is 10.7 Å². The molecule has 1 aliphatic rings. The van der Waals surface area contributed by atoms with E-state index in [0.29, 0.717) is 24.3 Å². The molecule has 1 heterocycles.